The molecule has 0 saturated carbocycles. The summed E-state index contributed by atoms with van der Waals surface area (Å²) in [6, 6.07) is 2.47. The Morgan fingerprint density at radius 1 is 1.10 bits per heavy atom. The molecule has 2 amide bonds. The van der Waals surface area contributed by atoms with Crippen LogP contribution in [0.25, 0.3) is 0 Å². The lowest BCUT2D eigenvalue weighted by molar-refractivity contribution is -0.646. The summed E-state index contributed by atoms with van der Waals surface area (Å²) in [6.45, 7) is 5.12. The van der Waals surface area contributed by atoms with Crippen molar-refractivity contribution < 1.29 is 27.5 Å². The van der Waals surface area contributed by atoms with Gasteiger partial charge < -0.3 is 15.0 Å². The largest absolute Gasteiger partial charge is 0.618 e. The van der Waals surface area contributed by atoms with Gasteiger partial charge in [0.2, 0.25) is 11.8 Å². The maximum absolute atomic E-state index is 13.9. The van der Waals surface area contributed by atoms with Crippen LogP contribution in [-0.4, -0.2) is 78.4 Å². The number of rotatable bonds is 7. The first kappa shape index (κ1) is 27.5. The van der Waals surface area contributed by atoms with Crippen molar-refractivity contribution in [1.29, 1.82) is 0 Å². The lowest BCUT2D eigenvalue weighted by Crippen LogP contribution is -2.48. The van der Waals surface area contributed by atoms with Gasteiger partial charge in [-0.25, -0.2) is 8.42 Å². The molecule has 0 radical (unpaired) electrons. The van der Waals surface area contributed by atoms with Gasteiger partial charge in [-0.2, -0.15) is 9.04 Å². The molecular weight excluding hydrogens is 520 g/mol. The number of carbonyl (C=O) groups is 3. The average Bonchev–Trinajstić information content (AvgIpc) is 3.49. The lowest BCUT2D eigenvalue weighted by Gasteiger charge is -2.38. The summed E-state index contributed by atoms with van der Waals surface area (Å²) < 4.78 is 28.0. The Morgan fingerprint density at radius 2 is 1.85 bits per heavy atom. The minimum absolute atomic E-state index is 0.0582. The van der Waals surface area contributed by atoms with Crippen LogP contribution in [0.15, 0.2) is 53.7 Å². The predicted molar refractivity (Wildman–Crippen MR) is 142 cm³/mol. The van der Waals surface area contributed by atoms with Gasteiger partial charge in [0, 0.05) is 50.0 Å². The molecule has 5 atom stereocenters. The molecule has 1 aromatic heterocycles. The van der Waals surface area contributed by atoms with Gasteiger partial charge in [0.25, 0.3) is 0 Å². The van der Waals surface area contributed by atoms with E-state index in [9.17, 15) is 28.0 Å². The highest BCUT2D eigenvalue weighted by Gasteiger charge is 2.55. The minimum Gasteiger partial charge on any atom is -0.618 e. The third-order valence-electron chi connectivity index (χ3n) is 8.44. The van der Waals surface area contributed by atoms with Gasteiger partial charge in [0.15, 0.2) is 12.0 Å². The second-order valence-corrected chi connectivity index (χ2v) is 13.3. The molecule has 39 heavy (non-hydrogen) atoms. The van der Waals surface area contributed by atoms with Crippen LogP contribution in [0, 0.1) is 28.9 Å². The molecule has 1 aliphatic carbocycles. The van der Waals surface area contributed by atoms with E-state index in [4.69, 9.17) is 0 Å². The minimum atomic E-state index is -4.23. The molecule has 210 valence electrons. The molecule has 3 saturated heterocycles. The Kier molecular flexibility index (Phi) is 7.65. The summed E-state index contributed by atoms with van der Waals surface area (Å²) >= 11 is 0. The summed E-state index contributed by atoms with van der Waals surface area (Å²) in [5.41, 5.74) is 0. The Hall–Kier alpha value is -3.05. The maximum atomic E-state index is 13.9. The number of likely N-dealkylation sites (tertiary alicyclic amines) is 2. The first-order valence-electron chi connectivity index (χ1n) is 13.7. The Labute approximate surface area is 229 Å². The topological polar surface area (TPSA) is 122 Å². The standard InChI is InChI=1S/C28H36N4O6S/c1-19(2)15-22(16-25(34)29-13-10-20-7-3-4-8-21(20)17-29)28(35)30-14-11-23-27(30)24(33)18-32(23)39(37,38)26-9-5-6-12-31(26)36/h3-9,12,19-23,27H,10-11,13-18H2,1-2H3. The summed E-state index contributed by atoms with van der Waals surface area (Å²) in [4.78, 5) is 43.7. The van der Waals surface area contributed by atoms with Crippen molar-refractivity contribution in [2.45, 2.75) is 56.6 Å². The quantitative estimate of drug-likeness (QED) is 0.371. The molecule has 3 aliphatic heterocycles. The van der Waals surface area contributed by atoms with Gasteiger partial charge in [0.1, 0.15) is 6.04 Å². The number of pyridine rings is 1. The van der Waals surface area contributed by atoms with Crippen molar-refractivity contribution in [2.24, 2.45) is 23.7 Å². The predicted octanol–water partition coefficient (Wildman–Crippen LogP) is 1.51. The number of amides is 2. The van der Waals surface area contributed by atoms with Crippen molar-refractivity contribution in [2.75, 3.05) is 26.2 Å². The zero-order chi connectivity index (χ0) is 27.9. The van der Waals surface area contributed by atoms with Crippen LogP contribution in [0.1, 0.15) is 39.5 Å². The van der Waals surface area contributed by atoms with E-state index in [0.717, 1.165) is 16.9 Å². The van der Waals surface area contributed by atoms with Crippen molar-refractivity contribution >= 4 is 27.6 Å². The van der Waals surface area contributed by atoms with Crippen molar-refractivity contribution in [1.82, 2.24) is 14.1 Å². The molecule has 3 fully saturated rings. The molecule has 5 unspecified atom stereocenters. The summed E-state index contributed by atoms with van der Waals surface area (Å²) in [5, 5.41) is 11.7. The number of hydrogen-bond acceptors (Lipinski definition) is 6. The molecule has 10 nitrogen and oxygen atoms in total. The first-order valence-corrected chi connectivity index (χ1v) is 15.2. The Balaban J connectivity index is 1.31. The Bertz CT molecular complexity index is 1310. The first-order chi connectivity index (χ1) is 18.6. The molecule has 4 aliphatic rings. The van der Waals surface area contributed by atoms with E-state index < -0.39 is 33.1 Å². The summed E-state index contributed by atoms with van der Waals surface area (Å²) in [7, 11) is -4.23. The third kappa shape index (κ3) is 5.26. The number of aromatic nitrogens is 1. The maximum Gasteiger partial charge on any atom is 0.323 e. The van der Waals surface area contributed by atoms with E-state index in [1.807, 2.05) is 30.9 Å². The monoisotopic (exact) mass is 556 g/mol. The fourth-order valence-corrected chi connectivity index (χ4v) is 8.22. The second kappa shape index (κ2) is 10.8. The molecule has 0 bridgehead atoms. The highest BCUT2D eigenvalue weighted by molar-refractivity contribution is 7.89. The van der Waals surface area contributed by atoms with E-state index in [0.29, 0.717) is 31.8 Å². The third-order valence-corrected chi connectivity index (χ3v) is 10.3. The molecular formula is C28H36N4O6S. The molecule has 0 aromatic carbocycles. The SMILES string of the molecule is CC(C)CC(CC(=O)N1CCC2C=CC=CC2C1)C(=O)N1CCC2C1C(=O)CN2S(=O)(=O)c1cccc[n+]1[O-]. The highest BCUT2D eigenvalue weighted by Crippen LogP contribution is 2.36. The van der Waals surface area contributed by atoms with Gasteiger partial charge >= 0.3 is 15.0 Å². The van der Waals surface area contributed by atoms with Crippen molar-refractivity contribution in [3.63, 3.8) is 0 Å². The van der Waals surface area contributed by atoms with Crippen molar-refractivity contribution in [3.8, 4) is 0 Å². The van der Waals surface area contributed by atoms with Gasteiger partial charge in [-0.15, -0.1) is 0 Å². The number of carbonyl (C=O) groups excluding carboxylic acids is 3. The van der Waals surface area contributed by atoms with Crippen LogP contribution < -0.4 is 4.73 Å². The Morgan fingerprint density at radius 3 is 2.56 bits per heavy atom. The number of hydrogen-bond donors (Lipinski definition) is 0. The molecule has 0 N–H and O–H groups in total. The number of allylic oxidation sites excluding steroid dienone is 3. The molecule has 1 aromatic rings. The van der Waals surface area contributed by atoms with Gasteiger partial charge in [-0.1, -0.05) is 38.2 Å². The van der Waals surface area contributed by atoms with Gasteiger partial charge in [-0.05, 0) is 37.2 Å². The summed E-state index contributed by atoms with van der Waals surface area (Å²) in [5.74, 6) is -0.405. The van der Waals surface area contributed by atoms with E-state index >= 15 is 0 Å². The summed E-state index contributed by atoms with van der Waals surface area (Å²) in [6.07, 6.45) is 11.2. The van der Waals surface area contributed by atoms with Crippen LogP contribution in [0.5, 0.6) is 0 Å². The molecule has 4 heterocycles. The number of nitrogens with zero attached hydrogens (tertiary/aromatic N) is 4. The van der Waals surface area contributed by atoms with Crippen LogP contribution in [-0.2, 0) is 24.4 Å². The van der Waals surface area contributed by atoms with Crippen LogP contribution in [0.4, 0.5) is 0 Å². The van der Waals surface area contributed by atoms with E-state index in [2.05, 4.69) is 12.2 Å². The van der Waals surface area contributed by atoms with E-state index in [1.165, 1.54) is 23.1 Å². The number of fused-ring (bicyclic) bond motifs is 2. The van der Waals surface area contributed by atoms with E-state index in [1.54, 1.807) is 0 Å². The normalized spacial score (nSPS) is 27.6. The lowest BCUT2D eigenvalue weighted by atomic mass is 9.82. The highest BCUT2D eigenvalue weighted by atomic mass is 32.2. The van der Waals surface area contributed by atoms with Crippen LogP contribution in [0.3, 0.4) is 0 Å². The van der Waals surface area contributed by atoms with Crippen LogP contribution in [0.2, 0.25) is 0 Å². The van der Waals surface area contributed by atoms with Gasteiger partial charge in [0.05, 0.1) is 12.6 Å². The van der Waals surface area contributed by atoms with Crippen molar-refractivity contribution in [3.05, 3.63) is 53.9 Å². The van der Waals surface area contributed by atoms with E-state index in [-0.39, 0.29) is 53.7 Å². The smallest absolute Gasteiger partial charge is 0.323 e. The number of ketones is 1. The molecule has 5 rings (SSSR count). The van der Waals surface area contributed by atoms with Crippen LogP contribution >= 0.6 is 0 Å². The molecule has 0 spiro atoms. The number of piperidine rings is 1. The zero-order valence-electron chi connectivity index (χ0n) is 22.4. The fraction of sp³-hybridized carbons (Fsp3) is 0.571. The number of Topliss-reactive ketones (excluding diaryl/α,β-unsaturated/α-hetero) is 1. The zero-order valence-corrected chi connectivity index (χ0v) is 23.2. The fourth-order valence-electron chi connectivity index (χ4n) is 6.57. The molecule has 11 heteroatoms. The number of sulfonamides is 1. The van der Waals surface area contributed by atoms with Gasteiger partial charge in [-0.3, -0.25) is 14.4 Å². The average molecular weight is 557 g/mol. The second-order valence-electron chi connectivity index (χ2n) is 11.5.